The highest BCUT2D eigenvalue weighted by atomic mass is 16.5. The van der Waals surface area contributed by atoms with E-state index in [-0.39, 0.29) is 6.04 Å². The number of aryl methyl sites for hydroxylation is 1. The van der Waals surface area contributed by atoms with Gasteiger partial charge in [-0.2, -0.15) is 0 Å². The Bertz CT molecular complexity index is 528. The number of methoxy groups -OCH3 is 1. The van der Waals surface area contributed by atoms with Crippen molar-refractivity contribution in [2.45, 2.75) is 19.4 Å². The molecule has 0 radical (unpaired) electrons. The molecule has 2 rings (SSSR count). The van der Waals surface area contributed by atoms with Gasteiger partial charge < -0.3 is 10.5 Å². The maximum Gasteiger partial charge on any atom is 0.125 e. The van der Waals surface area contributed by atoms with Crippen molar-refractivity contribution in [3.63, 3.8) is 0 Å². The summed E-state index contributed by atoms with van der Waals surface area (Å²) in [7, 11) is 1.66. The Morgan fingerprint density at radius 3 is 2.89 bits per heavy atom. The molecule has 1 aromatic heterocycles. The van der Waals surface area contributed by atoms with Crippen LogP contribution in [0.25, 0.3) is 0 Å². The van der Waals surface area contributed by atoms with Gasteiger partial charge >= 0.3 is 0 Å². The van der Waals surface area contributed by atoms with Crippen LogP contribution in [0.5, 0.6) is 5.75 Å². The quantitative estimate of drug-likeness (QED) is 0.892. The van der Waals surface area contributed by atoms with E-state index in [1.54, 1.807) is 13.3 Å². The topological polar surface area (TPSA) is 61.0 Å². The van der Waals surface area contributed by atoms with Crippen LogP contribution < -0.4 is 10.5 Å². The minimum Gasteiger partial charge on any atom is -0.497 e. The molecule has 94 valence electrons. The smallest absolute Gasteiger partial charge is 0.125 e. The number of benzene rings is 1. The molecule has 1 heterocycles. The Morgan fingerprint density at radius 2 is 2.17 bits per heavy atom. The van der Waals surface area contributed by atoms with Gasteiger partial charge in [-0.25, -0.2) is 9.97 Å². The molecule has 0 spiro atoms. The van der Waals surface area contributed by atoms with E-state index in [9.17, 15) is 0 Å². The van der Waals surface area contributed by atoms with Gasteiger partial charge in [0.05, 0.1) is 18.8 Å². The van der Waals surface area contributed by atoms with E-state index in [2.05, 4.69) is 9.97 Å². The van der Waals surface area contributed by atoms with E-state index < -0.39 is 0 Å². The lowest BCUT2D eigenvalue weighted by Crippen LogP contribution is -2.15. The first-order valence-corrected chi connectivity index (χ1v) is 5.87. The molecule has 0 aliphatic rings. The second-order valence-electron chi connectivity index (χ2n) is 4.19. The highest BCUT2D eigenvalue weighted by molar-refractivity contribution is 5.29. The fourth-order valence-electron chi connectivity index (χ4n) is 1.84. The molecule has 0 saturated carbocycles. The lowest BCUT2D eigenvalue weighted by molar-refractivity contribution is 0.414. The summed E-state index contributed by atoms with van der Waals surface area (Å²) in [5.74, 6) is 1.59. The van der Waals surface area contributed by atoms with Crippen molar-refractivity contribution in [3.8, 4) is 5.75 Å². The van der Waals surface area contributed by atoms with Gasteiger partial charge in [-0.15, -0.1) is 0 Å². The van der Waals surface area contributed by atoms with Crippen LogP contribution in [0.15, 0.2) is 36.5 Å². The average Bonchev–Trinajstić information content (AvgIpc) is 2.39. The lowest BCUT2D eigenvalue weighted by atomic mass is 10.0. The Labute approximate surface area is 107 Å². The standard InChI is InChI=1S/C14H17N3O/c1-10-16-7-6-14(17-10)13(15)9-11-4-3-5-12(8-11)18-2/h3-8,13H,9,15H2,1-2H3. The summed E-state index contributed by atoms with van der Waals surface area (Å²) in [5, 5.41) is 0. The molecule has 2 aromatic rings. The zero-order valence-electron chi connectivity index (χ0n) is 10.6. The third kappa shape index (κ3) is 3.05. The monoisotopic (exact) mass is 243 g/mol. The van der Waals surface area contributed by atoms with Crippen LogP contribution in [0.4, 0.5) is 0 Å². The second-order valence-corrected chi connectivity index (χ2v) is 4.19. The Balaban J connectivity index is 2.13. The second kappa shape index (κ2) is 5.60. The van der Waals surface area contributed by atoms with Crippen molar-refractivity contribution in [2.24, 2.45) is 5.73 Å². The minimum absolute atomic E-state index is 0.126. The molecule has 1 unspecified atom stereocenters. The maximum absolute atomic E-state index is 6.16. The van der Waals surface area contributed by atoms with Gasteiger partial charge in [-0.1, -0.05) is 12.1 Å². The Hall–Kier alpha value is -1.94. The third-order valence-corrected chi connectivity index (χ3v) is 2.77. The van der Waals surface area contributed by atoms with Crippen molar-refractivity contribution < 1.29 is 4.74 Å². The molecule has 4 heteroatoms. The maximum atomic E-state index is 6.16. The molecule has 2 N–H and O–H groups in total. The van der Waals surface area contributed by atoms with Crippen LogP contribution in [0, 0.1) is 6.92 Å². The largest absolute Gasteiger partial charge is 0.497 e. The first-order valence-electron chi connectivity index (χ1n) is 5.87. The van der Waals surface area contributed by atoms with Crippen LogP contribution in [0.3, 0.4) is 0 Å². The van der Waals surface area contributed by atoms with E-state index in [4.69, 9.17) is 10.5 Å². The van der Waals surface area contributed by atoms with Crippen LogP contribution in [-0.2, 0) is 6.42 Å². The first kappa shape index (κ1) is 12.5. The summed E-state index contributed by atoms with van der Waals surface area (Å²) in [4.78, 5) is 8.41. The number of aromatic nitrogens is 2. The third-order valence-electron chi connectivity index (χ3n) is 2.77. The summed E-state index contributed by atoms with van der Waals surface area (Å²) >= 11 is 0. The normalized spacial score (nSPS) is 12.2. The van der Waals surface area contributed by atoms with Gasteiger partial charge in [0.2, 0.25) is 0 Å². The van der Waals surface area contributed by atoms with Gasteiger partial charge in [0.1, 0.15) is 11.6 Å². The van der Waals surface area contributed by atoms with Gasteiger partial charge in [0.15, 0.2) is 0 Å². The predicted octanol–water partition coefficient (Wildman–Crippen LogP) is 2.04. The summed E-state index contributed by atoms with van der Waals surface area (Å²) in [6, 6.07) is 9.65. The molecular formula is C14H17N3O. The summed E-state index contributed by atoms with van der Waals surface area (Å²) in [6.45, 7) is 1.86. The molecular weight excluding hydrogens is 226 g/mol. The number of nitrogens with two attached hydrogens (primary N) is 1. The Morgan fingerprint density at radius 1 is 1.33 bits per heavy atom. The van der Waals surface area contributed by atoms with Crippen LogP contribution in [0.1, 0.15) is 23.1 Å². The summed E-state index contributed by atoms with van der Waals surface area (Å²) in [5.41, 5.74) is 8.16. The van der Waals surface area contributed by atoms with Gasteiger partial charge in [-0.05, 0) is 37.1 Å². The van der Waals surface area contributed by atoms with Crippen molar-refractivity contribution in [1.82, 2.24) is 9.97 Å². The lowest BCUT2D eigenvalue weighted by Gasteiger charge is -2.12. The predicted molar refractivity (Wildman–Crippen MR) is 70.4 cm³/mol. The van der Waals surface area contributed by atoms with Crippen molar-refractivity contribution >= 4 is 0 Å². The van der Waals surface area contributed by atoms with Crippen molar-refractivity contribution in [1.29, 1.82) is 0 Å². The molecule has 1 atom stereocenters. The van der Waals surface area contributed by atoms with E-state index in [0.29, 0.717) is 0 Å². The van der Waals surface area contributed by atoms with Crippen LogP contribution in [0.2, 0.25) is 0 Å². The Kier molecular flexibility index (Phi) is 3.89. The summed E-state index contributed by atoms with van der Waals surface area (Å²) in [6.07, 6.45) is 2.47. The van der Waals surface area contributed by atoms with E-state index in [1.807, 2.05) is 37.3 Å². The summed E-state index contributed by atoms with van der Waals surface area (Å²) < 4.78 is 5.19. The van der Waals surface area contributed by atoms with Crippen molar-refractivity contribution in [2.75, 3.05) is 7.11 Å². The molecule has 4 nitrogen and oxygen atoms in total. The zero-order chi connectivity index (χ0) is 13.0. The highest BCUT2D eigenvalue weighted by Gasteiger charge is 2.09. The highest BCUT2D eigenvalue weighted by Crippen LogP contribution is 2.18. The molecule has 0 amide bonds. The number of hydrogen-bond donors (Lipinski definition) is 1. The zero-order valence-corrected chi connectivity index (χ0v) is 10.6. The van der Waals surface area contributed by atoms with Gasteiger partial charge in [0.25, 0.3) is 0 Å². The van der Waals surface area contributed by atoms with E-state index in [0.717, 1.165) is 29.3 Å². The molecule has 0 bridgehead atoms. The van der Waals surface area contributed by atoms with Crippen molar-refractivity contribution in [3.05, 3.63) is 53.6 Å². The van der Waals surface area contributed by atoms with Crippen LogP contribution in [-0.4, -0.2) is 17.1 Å². The number of nitrogens with zero attached hydrogens (tertiary/aromatic N) is 2. The molecule has 1 aromatic carbocycles. The van der Waals surface area contributed by atoms with Crippen LogP contribution >= 0.6 is 0 Å². The molecule has 0 fully saturated rings. The van der Waals surface area contributed by atoms with Gasteiger partial charge in [0, 0.05) is 6.20 Å². The average molecular weight is 243 g/mol. The molecule has 0 saturated heterocycles. The molecule has 0 aliphatic heterocycles. The minimum atomic E-state index is -0.126. The fraction of sp³-hybridized carbons (Fsp3) is 0.286. The van der Waals surface area contributed by atoms with Gasteiger partial charge in [-0.3, -0.25) is 0 Å². The number of hydrogen-bond acceptors (Lipinski definition) is 4. The molecule has 18 heavy (non-hydrogen) atoms. The molecule has 0 aliphatic carbocycles. The number of ether oxygens (including phenoxy) is 1. The van der Waals surface area contributed by atoms with E-state index in [1.165, 1.54) is 0 Å². The number of rotatable bonds is 4. The first-order chi connectivity index (χ1) is 8.69. The SMILES string of the molecule is COc1cccc(CC(N)c2ccnc(C)n2)c1. The van der Waals surface area contributed by atoms with E-state index >= 15 is 0 Å². The fourth-order valence-corrected chi connectivity index (χ4v) is 1.84.